The minimum atomic E-state index is -0.00240. The SMILES string of the molecule is COc1cc2c(cc1OCc1cc(C)cc(COc3cc4c(cc3C)C(=O)N3Cc5ccccc5C[C@H]3CN4C)c1)NC[C@@H]1Cc3ccccc3CN1C2=O. The maximum Gasteiger partial charge on any atom is 0.256 e. The second kappa shape index (κ2) is 14.0. The Hall–Kier alpha value is -5.96. The first kappa shape index (κ1) is 34.8. The average Bonchev–Trinajstić information content (AvgIpc) is 3.38. The number of likely N-dealkylation sites (N-methyl/N-ethyl adjacent to an activating group) is 1. The first-order chi connectivity index (χ1) is 26.7. The molecule has 0 unspecified atom stereocenters. The highest BCUT2D eigenvalue weighted by molar-refractivity contribution is 6.02. The Morgan fingerprint density at radius 3 is 1.95 bits per heavy atom. The standard InChI is InChI=1S/C46H46N4O5/c1-28-13-30(26-54-42-21-41-39(15-29(42)2)46(52)50-24-35-12-8-6-10-33(35)18-37(50)25-48(41)3)16-31(14-28)27-55-44-20-40-38(19-43(44)53-4)45(51)49-23-34-11-7-5-9-32(34)17-36(49)22-47-40/h5-16,19-21,36-37,47H,17-18,22-27H2,1-4H3/t36-,37-/m0/s1. The Kier molecular flexibility index (Phi) is 8.87. The van der Waals surface area contributed by atoms with Crippen molar-refractivity contribution in [3.63, 3.8) is 0 Å². The number of amides is 2. The van der Waals surface area contributed by atoms with Crippen LogP contribution in [0.25, 0.3) is 0 Å². The van der Waals surface area contributed by atoms with Gasteiger partial charge in [0.2, 0.25) is 0 Å². The van der Waals surface area contributed by atoms with Crippen molar-refractivity contribution in [2.75, 3.05) is 37.5 Å². The lowest BCUT2D eigenvalue weighted by Gasteiger charge is -2.36. The molecular formula is C46H46N4O5. The summed E-state index contributed by atoms with van der Waals surface area (Å²) in [6, 6.07) is 31.1. The lowest BCUT2D eigenvalue weighted by Crippen LogP contribution is -2.47. The average molecular weight is 735 g/mol. The van der Waals surface area contributed by atoms with Gasteiger partial charge in [-0.1, -0.05) is 66.2 Å². The largest absolute Gasteiger partial charge is 0.493 e. The molecule has 5 aromatic carbocycles. The fourth-order valence-electron chi connectivity index (χ4n) is 8.86. The Labute approximate surface area is 322 Å². The number of aryl methyl sites for hydroxylation is 2. The fraction of sp³-hybridized carbons (Fsp3) is 0.304. The maximum absolute atomic E-state index is 14.0. The molecule has 55 heavy (non-hydrogen) atoms. The molecule has 5 aromatic rings. The lowest BCUT2D eigenvalue weighted by molar-refractivity contribution is 0.0651. The lowest BCUT2D eigenvalue weighted by atomic mass is 9.93. The van der Waals surface area contributed by atoms with Gasteiger partial charge in [-0.05, 0) is 83.8 Å². The molecule has 0 saturated carbocycles. The number of benzene rings is 5. The highest BCUT2D eigenvalue weighted by Gasteiger charge is 2.37. The van der Waals surface area contributed by atoms with Crippen molar-refractivity contribution in [1.82, 2.24) is 9.80 Å². The zero-order chi connectivity index (χ0) is 37.8. The highest BCUT2D eigenvalue weighted by atomic mass is 16.5. The molecule has 0 aliphatic carbocycles. The van der Waals surface area contributed by atoms with E-state index in [2.05, 4.69) is 84.9 Å². The van der Waals surface area contributed by atoms with Crippen molar-refractivity contribution >= 4 is 23.2 Å². The van der Waals surface area contributed by atoms with Crippen LogP contribution in [-0.4, -0.2) is 60.9 Å². The van der Waals surface area contributed by atoms with Gasteiger partial charge in [-0.15, -0.1) is 0 Å². The quantitative estimate of drug-likeness (QED) is 0.186. The molecule has 9 rings (SSSR count). The van der Waals surface area contributed by atoms with Crippen molar-refractivity contribution in [3.05, 3.63) is 147 Å². The smallest absolute Gasteiger partial charge is 0.256 e. The van der Waals surface area contributed by atoms with Gasteiger partial charge in [0.05, 0.1) is 41.7 Å². The summed E-state index contributed by atoms with van der Waals surface area (Å²) in [7, 11) is 3.67. The number of anilines is 2. The van der Waals surface area contributed by atoms with E-state index < -0.39 is 0 Å². The summed E-state index contributed by atoms with van der Waals surface area (Å²) in [5.41, 5.74) is 12.1. The van der Waals surface area contributed by atoms with Crippen LogP contribution in [-0.2, 0) is 39.1 Å². The molecule has 2 amide bonds. The number of rotatable bonds is 7. The number of methoxy groups -OCH3 is 1. The van der Waals surface area contributed by atoms with Crippen LogP contribution in [0.3, 0.4) is 0 Å². The molecule has 9 heteroatoms. The molecule has 2 atom stereocenters. The van der Waals surface area contributed by atoms with Gasteiger partial charge in [0.25, 0.3) is 11.8 Å². The zero-order valence-corrected chi connectivity index (χ0v) is 31.9. The topological polar surface area (TPSA) is 83.6 Å². The molecule has 0 radical (unpaired) electrons. The van der Waals surface area contributed by atoms with Crippen molar-refractivity contribution in [3.8, 4) is 17.2 Å². The first-order valence-electron chi connectivity index (χ1n) is 19.1. The summed E-state index contributed by atoms with van der Waals surface area (Å²) in [5, 5.41) is 3.54. The van der Waals surface area contributed by atoms with Crippen molar-refractivity contribution in [1.29, 1.82) is 0 Å². The van der Waals surface area contributed by atoms with Gasteiger partial charge in [-0.3, -0.25) is 9.59 Å². The van der Waals surface area contributed by atoms with Gasteiger partial charge in [0.1, 0.15) is 19.0 Å². The van der Waals surface area contributed by atoms with Gasteiger partial charge in [0.15, 0.2) is 11.5 Å². The van der Waals surface area contributed by atoms with E-state index in [1.165, 1.54) is 22.3 Å². The van der Waals surface area contributed by atoms with E-state index in [1.54, 1.807) is 13.2 Å². The van der Waals surface area contributed by atoms with E-state index in [9.17, 15) is 9.59 Å². The molecule has 0 aromatic heterocycles. The third-order valence-electron chi connectivity index (χ3n) is 11.7. The van der Waals surface area contributed by atoms with Crippen molar-refractivity contribution in [2.45, 2.75) is 65.1 Å². The summed E-state index contributed by atoms with van der Waals surface area (Å²) < 4.78 is 18.6. The summed E-state index contributed by atoms with van der Waals surface area (Å²) in [6.07, 6.45) is 1.67. The number of nitrogens with zero attached hydrogens (tertiary/aromatic N) is 3. The number of carbonyl (C=O) groups is 2. The minimum absolute atomic E-state index is 0.00240. The van der Waals surface area contributed by atoms with Crippen LogP contribution in [0.15, 0.2) is 91.0 Å². The molecule has 4 heterocycles. The van der Waals surface area contributed by atoms with Crippen LogP contribution in [0, 0.1) is 13.8 Å². The molecule has 9 nitrogen and oxygen atoms in total. The molecule has 1 N–H and O–H groups in total. The molecule has 0 saturated heterocycles. The Bertz CT molecular complexity index is 2340. The minimum Gasteiger partial charge on any atom is -0.493 e. The summed E-state index contributed by atoms with van der Waals surface area (Å²) in [6.45, 7) is 7.40. The molecule has 0 bridgehead atoms. The Balaban J connectivity index is 0.897. The van der Waals surface area contributed by atoms with Gasteiger partial charge in [-0.25, -0.2) is 0 Å². The highest BCUT2D eigenvalue weighted by Crippen LogP contribution is 2.39. The summed E-state index contributed by atoms with van der Waals surface area (Å²) in [4.78, 5) is 34.0. The van der Waals surface area contributed by atoms with Gasteiger partial charge in [0, 0.05) is 45.4 Å². The number of ether oxygens (including phenoxy) is 3. The molecule has 0 fully saturated rings. The monoisotopic (exact) mass is 734 g/mol. The van der Waals surface area contributed by atoms with Gasteiger partial charge < -0.3 is 34.2 Å². The second-order valence-electron chi connectivity index (χ2n) is 15.5. The predicted octanol–water partition coefficient (Wildman–Crippen LogP) is 7.48. The van der Waals surface area contributed by atoms with Crippen LogP contribution in [0.4, 0.5) is 11.4 Å². The van der Waals surface area contributed by atoms with Crippen LogP contribution >= 0.6 is 0 Å². The molecule has 280 valence electrons. The Morgan fingerprint density at radius 1 is 0.673 bits per heavy atom. The normalized spacial score (nSPS) is 18.4. The molecule has 0 spiro atoms. The van der Waals surface area contributed by atoms with Crippen LogP contribution in [0.2, 0.25) is 0 Å². The van der Waals surface area contributed by atoms with Crippen LogP contribution < -0.4 is 24.4 Å². The van der Waals surface area contributed by atoms with E-state index >= 15 is 0 Å². The molecule has 4 aliphatic rings. The fourth-order valence-corrected chi connectivity index (χ4v) is 8.86. The van der Waals surface area contributed by atoms with E-state index in [-0.39, 0.29) is 23.9 Å². The van der Waals surface area contributed by atoms with Crippen molar-refractivity contribution < 1.29 is 23.8 Å². The van der Waals surface area contributed by atoms with Crippen LogP contribution in [0.5, 0.6) is 17.2 Å². The van der Waals surface area contributed by atoms with Crippen LogP contribution in [0.1, 0.15) is 65.2 Å². The number of hydrogen-bond acceptors (Lipinski definition) is 7. The summed E-state index contributed by atoms with van der Waals surface area (Å²) in [5.74, 6) is 1.93. The molecular weight excluding hydrogens is 689 g/mol. The second-order valence-corrected chi connectivity index (χ2v) is 15.5. The third-order valence-corrected chi connectivity index (χ3v) is 11.7. The summed E-state index contributed by atoms with van der Waals surface area (Å²) >= 11 is 0. The van der Waals surface area contributed by atoms with E-state index in [4.69, 9.17) is 14.2 Å². The number of nitrogens with one attached hydrogen (secondary N) is 1. The number of carbonyl (C=O) groups excluding carboxylic acids is 2. The zero-order valence-electron chi connectivity index (χ0n) is 31.9. The van der Waals surface area contributed by atoms with Gasteiger partial charge in [-0.2, -0.15) is 0 Å². The maximum atomic E-state index is 14.0. The predicted molar refractivity (Wildman–Crippen MR) is 213 cm³/mol. The van der Waals surface area contributed by atoms with Gasteiger partial charge >= 0.3 is 0 Å². The number of fused-ring (bicyclic) bond motifs is 6. The van der Waals surface area contributed by atoms with E-state index in [1.807, 2.05) is 41.0 Å². The Morgan fingerprint density at radius 2 is 1.27 bits per heavy atom. The van der Waals surface area contributed by atoms with E-state index in [0.717, 1.165) is 64.3 Å². The number of hydrogen-bond donors (Lipinski definition) is 1. The molecule has 4 aliphatic heterocycles. The van der Waals surface area contributed by atoms with Crippen molar-refractivity contribution in [2.24, 2.45) is 0 Å². The first-order valence-corrected chi connectivity index (χ1v) is 19.1. The third kappa shape index (κ3) is 6.51. The van der Waals surface area contributed by atoms with E-state index in [0.29, 0.717) is 49.9 Å².